The highest BCUT2D eigenvalue weighted by molar-refractivity contribution is 4.76. The van der Waals surface area contributed by atoms with Gasteiger partial charge in [-0.15, -0.1) is 0 Å². The predicted octanol–water partition coefficient (Wildman–Crippen LogP) is 10.8. The number of allylic oxidation sites excluding steroid dienone is 2. The van der Waals surface area contributed by atoms with E-state index in [2.05, 4.69) is 32.9 Å². The lowest BCUT2D eigenvalue weighted by molar-refractivity contribution is 0.392. The van der Waals surface area contributed by atoms with Gasteiger partial charge in [-0.25, -0.2) is 0 Å². The molecule has 0 saturated heterocycles. The summed E-state index contributed by atoms with van der Waals surface area (Å²) in [6.07, 6.45) is 36.5. The van der Waals surface area contributed by atoms with Crippen molar-refractivity contribution >= 4 is 0 Å². The standard InChI is InChI=1S/C28H56/c1-4-7-9-11-13-15-17-19-21-23-25-27-28(6-3)26-24-22-20-18-16-14-12-10-8-5-2/h5,8,28H,4,6-7,9-27H2,1-3H3. The van der Waals surface area contributed by atoms with Crippen LogP contribution in [0.1, 0.15) is 162 Å². The fourth-order valence-corrected chi connectivity index (χ4v) is 4.40. The van der Waals surface area contributed by atoms with Crippen LogP contribution in [0.3, 0.4) is 0 Å². The van der Waals surface area contributed by atoms with Crippen molar-refractivity contribution in [2.24, 2.45) is 5.92 Å². The van der Waals surface area contributed by atoms with Gasteiger partial charge in [-0.3, -0.25) is 0 Å². The molecule has 0 aliphatic rings. The third kappa shape index (κ3) is 22.0. The van der Waals surface area contributed by atoms with Crippen LogP contribution in [0.15, 0.2) is 12.2 Å². The zero-order valence-electron chi connectivity index (χ0n) is 20.3. The Balaban J connectivity index is 3.29. The minimum Gasteiger partial charge on any atom is -0.0917 e. The summed E-state index contributed by atoms with van der Waals surface area (Å²) in [4.78, 5) is 0. The average Bonchev–Trinajstić information content (AvgIpc) is 2.71. The third-order valence-corrected chi connectivity index (χ3v) is 6.51. The molecule has 0 aromatic rings. The van der Waals surface area contributed by atoms with Crippen molar-refractivity contribution in [3.63, 3.8) is 0 Å². The topological polar surface area (TPSA) is 0 Å². The minimum atomic E-state index is 1.01. The Morgan fingerprint density at radius 1 is 0.500 bits per heavy atom. The van der Waals surface area contributed by atoms with Crippen molar-refractivity contribution < 1.29 is 0 Å². The quantitative estimate of drug-likeness (QED) is 0.120. The Bertz CT molecular complexity index is 290. The van der Waals surface area contributed by atoms with E-state index < -0.39 is 0 Å². The molecule has 0 bridgehead atoms. The Kier molecular flexibility index (Phi) is 24.5. The lowest BCUT2D eigenvalue weighted by Gasteiger charge is -2.14. The van der Waals surface area contributed by atoms with Crippen molar-refractivity contribution in [1.82, 2.24) is 0 Å². The molecular formula is C28H56. The van der Waals surface area contributed by atoms with Gasteiger partial charge < -0.3 is 0 Å². The molecule has 0 rings (SSSR count). The largest absolute Gasteiger partial charge is 0.0917 e. The van der Waals surface area contributed by atoms with Crippen LogP contribution < -0.4 is 0 Å². The highest BCUT2D eigenvalue weighted by Crippen LogP contribution is 2.22. The van der Waals surface area contributed by atoms with Gasteiger partial charge in [-0.05, 0) is 25.7 Å². The maximum atomic E-state index is 2.41. The van der Waals surface area contributed by atoms with E-state index in [1.54, 1.807) is 0 Å². The van der Waals surface area contributed by atoms with Gasteiger partial charge >= 0.3 is 0 Å². The fourth-order valence-electron chi connectivity index (χ4n) is 4.40. The number of rotatable bonds is 23. The molecule has 0 saturated carbocycles. The first kappa shape index (κ1) is 27.7. The summed E-state index contributed by atoms with van der Waals surface area (Å²) in [6.45, 7) is 6.84. The molecular weight excluding hydrogens is 336 g/mol. The predicted molar refractivity (Wildman–Crippen MR) is 131 cm³/mol. The van der Waals surface area contributed by atoms with E-state index >= 15 is 0 Å². The molecule has 1 unspecified atom stereocenters. The van der Waals surface area contributed by atoms with Gasteiger partial charge in [0.05, 0.1) is 0 Å². The normalized spacial score (nSPS) is 12.8. The maximum Gasteiger partial charge on any atom is -0.0351 e. The molecule has 0 heterocycles. The van der Waals surface area contributed by atoms with Gasteiger partial charge in [-0.2, -0.15) is 0 Å². The molecule has 168 valence electrons. The first-order valence-corrected chi connectivity index (χ1v) is 13.5. The van der Waals surface area contributed by atoms with Crippen molar-refractivity contribution in [1.29, 1.82) is 0 Å². The van der Waals surface area contributed by atoms with Crippen molar-refractivity contribution in [3.05, 3.63) is 12.2 Å². The third-order valence-electron chi connectivity index (χ3n) is 6.51. The summed E-state index contributed by atoms with van der Waals surface area (Å²) in [5, 5.41) is 0. The van der Waals surface area contributed by atoms with Crippen LogP contribution in [-0.4, -0.2) is 0 Å². The molecule has 0 aliphatic carbocycles. The Hall–Kier alpha value is -0.260. The molecule has 0 radical (unpaired) electrons. The second-order valence-corrected chi connectivity index (χ2v) is 9.22. The van der Waals surface area contributed by atoms with E-state index in [0.29, 0.717) is 0 Å². The second-order valence-electron chi connectivity index (χ2n) is 9.22. The van der Waals surface area contributed by atoms with Crippen molar-refractivity contribution in [2.45, 2.75) is 162 Å². The summed E-state index contributed by atoms with van der Waals surface area (Å²) in [5.74, 6) is 1.01. The van der Waals surface area contributed by atoms with E-state index in [-0.39, 0.29) is 0 Å². The van der Waals surface area contributed by atoms with E-state index in [1.165, 1.54) is 141 Å². The molecule has 28 heavy (non-hydrogen) atoms. The van der Waals surface area contributed by atoms with Crippen LogP contribution in [0.5, 0.6) is 0 Å². The van der Waals surface area contributed by atoms with Crippen molar-refractivity contribution in [3.8, 4) is 0 Å². The van der Waals surface area contributed by atoms with E-state index in [9.17, 15) is 0 Å². The van der Waals surface area contributed by atoms with E-state index in [1.807, 2.05) is 0 Å². The molecule has 0 aliphatic heterocycles. The van der Waals surface area contributed by atoms with Gasteiger partial charge in [0.25, 0.3) is 0 Å². The SMILES string of the molecule is CC=CCCCCCCCCCC(CC)CCCCCCCCCCCCC. The number of hydrogen-bond acceptors (Lipinski definition) is 0. The second kappa shape index (κ2) is 24.8. The van der Waals surface area contributed by atoms with Crippen LogP contribution in [-0.2, 0) is 0 Å². The number of hydrogen-bond donors (Lipinski definition) is 0. The maximum absolute atomic E-state index is 2.41. The summed E-state index contributed by atoms with van der Waals surface area (Å²) >= 11 is 0. The smallest absolute Gasteiger partial charge is 0.0351 e. The molecule has 0 N–H and O–H groups in total. The zero-order chi connectivity index (χ0) is 20.5. The molecule has 0 aromatic heterocycles. The molecule has 0 heteroatoms. The van der Waals surface area contributed by atoms with Crippen LogP contribution in [0, 0.1) is 5.92 Å². The lowest BCUT2D eigenvalue weighted by atomic mass is 9.92. The van der Waals surface area contributed by atoms with Crippen molar-refractivity contribution in [2.75, 3.05) is 0 Å². The Labute approximate surface area is 180 Å². The van der Waals surface area contributed by atoms with Crippen LogP contribution in [0.25, 0.3) is 0 Å². The fraction of sp³-hybridized carbons (Fsp3) is 0.929. The number of unbranched alkanes of at least 4 members (excludes halogenated alkanes) is 17. The summed E-state index contributed by atoms with van der Waals surface area (Å²) in [7, 11) is 0. The van der Waals surface area contributed by atoms with Gasteiger partial charge in [0.1, 0.15) is 0 Å². The van der Waals surface area contributed by atoms with Gasteiger partial charge in [0.15, 0.2) is 0 Å². The molecule has 0 nitrogen and oxygen atoms in total. The minimum absolute atomic E-state index is 1.01. The first-order valence-electron chi connectivity index (χ1n) is 13.5. The zero-order valence-corrected chi connectivity index (χ0v) is 20.3. The first-order chi connectivity index (χ1) is 13.8. The monoisotopic (exact) mass is 392 g/mol. The summed E-state index contributed by atoms with van der Waals surface area (Å²) in [6, 6.07) is 0. The van der Waals surface area contributed by atoms with Gasteiger partial charge in [0.2, 0.25) is 0 Å². The lowest BCUT2D eigenvalue weighted by Crippen LogP contribution is -1.99. The van der Waals surface area contributed by atoms with Gasteiger partial charge in [-0.1, -0.05) is 154 Å². The molecule has 0 fully saturated rings. The summed E-state index contributed by atoms with van der Waals surface area (Å²) in [5.41, 5.74) is 0. The van der Waals surface area contributed by atoms with E-state index in [0.717, 1.165) is 5.92 Å². The summed E-state index contributed by atoms with van der Waals surface area (Å²) < 4.78 is 0. The Morgan fingerprint density at radius 2 is 0.893 bits per heavy atom. The average molecular weight is 393 g/mol. The van der Waals surface area contributed by atoms with E-state index in [4.69, 9.17) is 0 Å². The molecule has 0 spiro atoms. The molecule has 0 aromatic carbocycles. The molecule has 0 amide bonds. The van der Waals surface area contributed by atoms with Crippen LogP contribution in [0.4, 0.5) is 0 Å². The highest BCUT2D eigenvalue weighted by atomic mass is 14.1. The van der Waals surface area contributed by atoms with Crippen LogP contribution in [0.2, 0.25) is 0 Å². The molecule has 1 atom stereocenters. The Morgan fingerprint density at radius 3 is 1.29 bits per heavy atom. The van der Waals surface area contributed by atoms with Gasteiger partial charge in [0, 0.05) is 0 Å². The highest BCUT2D eigenvalue weighted by Gasteiger charge is 2.06. The van der Waals surface area contributed by atoms with Crippen LogP contribution >= 0.6 is 0 Å².